The van der Waals surface area contributed by atoms with Crippen LogP contribution in [0.3, 0.4) is 0 Å². The first kappa shape index (κ1) is 11.2. The summed E-state index contributed by atoms with van der Waals surface area (Å²) < 4.78 is 5.15. The van der Waals surface area contributed by atoms with E-state index in [1.165, 1.54) is 0 Å². The Kier molecular flexibility index (Phi) is 3.63. The van der Waals surface area contributed by atoms with Gasteiger partial charge in [-0.3, -0.25) is 0 Å². The molecule has 0 aromatic carbocycles. The van der Waals surface area contributed by atoms with Crippen molar-refractivity contribution in [3.63, 3.8) is 0 Å². The third-order valence-corrected chi connectivity index (χ3v) is 2.25. The first-order valence-electron chi connectivity index (χ1n) is 5.08. The van der Waals surface area contributed by atoms with Gasteiger partial charge in [-0.1, -0.05) is 25.9 Å². The Balaban J connectivity index is 2.67. The minimum Gasteiger partial charge on any atom is -0.339 e. The van der Waals surface area contributed by atoms with Crippen LogP contribution in [0.5, 0.6) is 0 Å². The number of rotatable bonds is 4. The van der Waals surface area contributed by atoms with Gasteiger partial charge in [-0.25, -0.2) is 0 Å². The third-order valence-electron chi connectivity index (χ3n) is 2.25. The van der Waals surface area contributed by atoms with E-state index < -0.39 is 0 Å². The molecule has 4 nitrogen and oxygen atoms in total. The average molecular weight is 197 g/mol. The molecule has 1 aromatic rings. The lowest BCUT2D eigenvalue weighted by Crippen LogP contribution is -2.22. The summed E-state index contributed by atoms with van der Waals surface area (Å²) in [7, 11) is 0. The van der Waals surface area contributed by atoms with Gasteiger partial charge in [-0.2, -0.15) is 4.98 Å². The normalized spacial score (nSPS) is 15.9. The highest BCUT2D eigenvalue weighted by Gasteiger charge is 2.17. The number of nitrogens with two attached hydrogens (primary N) is 1. The van der Waals surface area contributed by atoms with Gasteiger partial charge in [0.25, 0.3) is 0 Å². The second-order valence-corrected chi connectivity index (χ2v) is 4.29. The second kappa shape index (κ2) is 4.55. The van der Waals surface area contributed by atoms with E-state index in [2.05, 4.69) is 24.0 Å². The van der Waals surface area contributed by atoms with Crippen LogP contribution in [0, 0.1) is 5.92 Å². The Bertz CT molecular complexity index is 281. The van der Waals surface area contributed by atoms with Crippen LogP contribution in [-0.4, -0.2) is 16.2 Å². The van der Waals surface area contributed by atoms with Gasteiger partial charge < -0.3 is 10.3 Å². The SMILES string of the molecule is CC(C)Cc1noc(C(C)C(C)N)n1. The van der Waals surface area contributed by atoms with Crippen molar-refractivity contribution in [2.45, 2.75) is 46.1 Å². The highest BCUT2D eigenvalue weighted by molar-refractivity contribution is 4.95. The van der Waals surface area contributed by atoms with Crippen LogP contribution in [0.4, 0.5) is 0 Å². The van der Waals surface area contributed by atoms with E-state index in [1.807, 2.05) is 13.8 Å². The molecule has 1 aromatic heterocycles. The van der Waals surface area contributed by atoms with Gasteiger partial charge in [0.15, 0.2) is 5.82 Å². The predicted molar refractivity (Wildman–Crippen MR) is 54.9 cm³/mol. The van der Waals surface area contributed by atoms with E-state index in [0.717, 1.165) is 12.2 Å². The highest BCUT2D eigenvalue weighted by Crippen LogP contribution is 2.16. The largest absolute Gasteiger partial charge is 0.339 e. The van der Waals surface area contributed by atoms with Gasteiger partial charge in [0.1, 0.15) is 0 Å². The Morgan fingerprint density at radius 1 is 1.29 bits per heavy atom. The molecule has 14 heavy (non-hydrogen) atoms. The molecule has 0 radical (unpaired) electrons. The molecule has 0 aliphatic heterocycles. The standard InChI is InChI=1S/C10H19N3O/c1-6(2)5-9-12-10(14-13-9)7(3)8(4)11/h6-8H,5,11H2,1-4H3. The van der Waals surface area contributed by atoms with Crippen molar-refractivity contribution >= 4 is 0 Å². The Hall–Kier alpha value is -0.900. The fourth-order valence-corrected chi connectivity index (χ4v) is 1.13. The lowest BCUT2D eigenvalue weighted by atomic mass is 10.1. The minimum absolute atomic E-state index is 0.0438. The lowest BCUT2D eigenvalue weighted by molar-refractivity contribution is 0.341. The molecular formula is C10H19N3O. The van der Waals surface area contributed by atoms with E-state index in [0.29, 0.717) is 11.8 Å². The van der Waals surface area contributed by atoms with Crippen LogP contribution in [0.25, 0.3) is 0 Å². The topological polar surface area (TPSA) is 64.9 Å². The summed E-state index contributed by atoms with van der Waals surface area (Å²) in [5, 5.41) is 3.92. The summed E-state index contributed by atoms with van der Waals surface area (Å²) in [6.07, 6.45) is 0.856. The first-order valence-corrected chi connectivity index (χ1v) is 5.08. The predicted octanol–water partition coefficient (Wildman–Crippen LogP) is 1.72. The molecule has 0 aliphatic carbocycles. The molecule has 0 spiro atoms. The van der Waals surface area contributed by atoms with Crippen LogP contribution in [0.15, 0.2) is 4.52 Å². The number of aromatic nitrogens is 2. The van der Waals surface area contributed by atoms with Crippen molar-refractivity contribution in [2.75, 3.05) is 0 Å². The van der Waals surface area contributed by atoms with Gasteiger partial charge in [-0.15, -0.1) is 0 Å². The maximum absolute atomic E-state index is 5.75. The molecular weight excluding hydrogens is 178 g/mol. The molecule has 1 heterocycles. The maximum atomic E-state index is 5.75. The molecule has 80 valence electrons. The van der Waals surface area contributed by atoms with Gasteiger partial charge in [0, 0.05) is 12.5 Å². The monoisotopic (exact) mass is 197 g/mol. The Morgan fingerprint density at radius 3 is 2.43 bits per heavy atom. The minimum atomic E-state index is 0.0438. The van der Waals surface area contributed by atoms with E-state index in [4.69, 9.17) is 10.3 Å². The molecule has 0 amide bonds. The van der Waals surface area contributed by atoms with Crippen LogP contribution in [0.2, 0.25) is 0 Å². The molecule has 2 unspecified atom stereocenters. The summed E-state index contributed by atoms with van der Waals surface area (Å²) in [4.78, 5) is 4.31. The van der Waals surface area contributed by atoms with Crippen molar-refractivity contribution < 1.29 is 4.52 Å². The van der Waals surface area contributed by atoms with Gasteiger partial charge >= 0.3 is 0 Å². The molecule has 0 saturated carbocycles. The Labute approximate surface area is 84.9 Å². The molecule has 0 saturated heterocycles. The quantitative estimate of drug-likeness (QED) is 0.798. The summed E-state index contributed by atoms with van der Waals surface area (Å²) in [6, 6.07) is 0.0438. The molecule has 1 rings (SSSR count). The van der Waals surface area contributed by atoms with E-state index in [9.17, 15) is 0 Å². The highest BCUT2D eigenvalue weighted by atomic mass is 16.5. The molecule has 4 heteroatoms. The average Bonchev–Trinajstić information content (AvgIpc) is 2.50. The number of hydrogen-bond acceptors (Lipinski definition) is 4. The number of nitrogens with zero attached hydrogens (tertiary/aromatic N) is 2. The second-order valence-electron chi connectivity index (χ2n) is 4.29. The molecule has 2 atom stereocenters. The first-order chi connectivity index (χ1) is 6.50. The summed E-state index contributed by atoms with van der Waals surface area (Å²) in [5.41, 5.74) is 5.75. The molecule has 0 fully saturated rings. The summed E-state index contributed by atoms with van der Waals surface area (Å²) in [6.45, 7) is 8.20. The zero-order valence-corrected chi connectivity index (χ0v) is 9.32. The summed E-state index contributed by atoms with van der Waals surface area (Å²) in [5.74, 6) is 2.10. The van der Waals surface area contributed by atoms with Crippen LogP contribution in [-0.2, 0) is 6.42 Å². The van der Waals surface area contributed by atoms with E-state index in [-0.39, 0.29) is 12.0 Å². The van der Waals surface area contributed by atoms with Crippen molar-refractivity contribution in [1.82, 2.24) is 10.1 Å². The zero-order valence-electron chi connectivity index (χ0n) is 9.32. The van der Waals surface area contributed by atoms with E-state index >= 15 is 0 Å². The van der Waals surface area contributed by atoms with Gasteiger partial charge in [0.05, 0.1) is 5.92 Å². The smallest absolute Gasteiger partial charge is 0.231 e. The van der Waals surface area contributed by atoms with Crippen molar-refractivity contribution in [1.29, 1.82) is 0 Å². The van der Waals surface area contributed by atoms with Crippen molar-refractivity contribution in [3.8, 4) is 0 Å². The van der Waals surface area contributed by atoms with Crippen molar-refractivity contribution in [3.05, 3.63) is 11.7 Å². The fraction of sp³-hybridized carbons (Fsp3) is 0.800. The van der Waals surface area contributed by atoms with Crippen LogP contribution in [0.1, 0.15) is 45.3 Å². The molecule has 0 aliphatic rings. The Morgan fingerprint density at radius 2 is 1.93 bits per heavy atom. The fourth-order valence-electron chi connectivity index (χ4n) is 1.13. The van der Waals surface area contributed by atoms with Crippen molar-refractivity contribution in [2.24, 2.45) is 11.7 Å². The van der Waals surface area contributed by atoms with Gasteiger partial charge in [-0.05, 0) is 12.8 Å². The van der Waals surface area contributed by atoms with Crippen LogP contribution >= 0.6 is 0 Å². The number of hydrogen-bond donors (Lipinski definition) is 1. The van der Waals surface area contributed by atoms with E-state index in [1.54, 1.807) is 0 Å². The third kappa shape index (κ3) is 2.80. The zero-order chi connectivity index (χ0) is 10.7. The molecule has 0 bridgehead atoms. The molecule has 2 N–H and O–H groups in total. The summed E-state index contributed by atoms with van der Waals surface area (Å²) >= 11 is 0. The lowest BCUT2D eigenvalue weighted by Gasteiger charge is -2.09. The van der Waals surface area contributed by atoms with Crippen LogP contribution < -0.4 is 5.73 Å². The van der Waals surface area contributed by atoms with Gasteiger partial charge in [0.2, 0.25) is 5.89 Å². The maximum Gasteiger partial charge on any atom is 0.231 e.